The van der Waals surface area contributed by atoms with Gasteiger partial charge in [0.2, 0.25) is 5.91 Å². The quantitative estimate of drug-likeness (QED) is 0.799. The van der Waals surface area contributed by atoms with Crippen LogP contribution in [0.4, 0.5) is 5.69 Å². The van der Waals surface area contributed by atoms with Crippen LogP contribution in [0.5, 0.6) is 0 Å². The first-order chi connectivity index (χ1) is 12.2. The van der Waals surface area contributed by atoms with E-state index in [-0.39, 0.29) is 11.8 Å². The lowest BCUT2D eigenvalue weighted by Gasteiger charge is -2.32. The number of likely N-dealkylation sites (tertiary alicyclic amines) is 1. The molecule has 2 aromatic carbocycles. The molecule has 25 heavy (non-hydrogen) atoms. The molecule has 0 bridgehead atoms. The molecule has 1 saturated heterocycles. The van der Waals surface area contributed by atoms with E-state index in [0.717, 1.165) is 43.1 Å². The predicted molar refractivity (Wildman–Crippen MR) is 106 cm³/mol. The van der Waals surface area contributed by atoms with E-state index in [2.05, 4.69) is 41.4 Å². The largest absolute Gasteiger partial charge is 0.325 e. The summed E-state index contributed by atoms with van der Waals surface area (Å²) in [4.78, 5) is 16.3. The van der Waals surface area contributed by atoms with Gasteiger partial charge < -0.3 is 5.32 Å². The van der Waals surface area contributed by atoms with Crippen molar-refractivity contribution >= 4 is 23.4 Å². The van der Waals surface area contributed by atoms with Gasteiger partial charge in [-0.05, 0) is 50.3 Å². The minimum Gasteiger partial charge on any atom is -0.325 e. The molecule has 132 valence electrons. The molecule has 1 amide bonds. The molecule has 1 heterocycles. The molecule has 3 rings (SSSR count). The highest BCUT2D eigenvalue weighted by Crippen LogP contribution is 2.26. The van der Waals surface area contributed by atoms with Gasteiger partial charge in [-0.25, -0.2) is 0 Å². The van der Waals surface area contributed by atoms with Crippen molar-refractivity contribution in [2.24, 2.45) is 5.92 Å². The Bertz CT molecular complexity index is 731. The van der Waals surface area contributed by atoms with Crippen molar-refractivity contribution in [2.45, 2.75) is 31.2 Å². The molecule has 1 atom stereocenters. The van der Waals surface area contributed by atoms with Gasteiger partial charge in [0.15, 0.2) is 0 Å². The summed E-state index contributed by atoms with van der Waals surface area (Å²) in [5.74, 6) is 0.212. The van der Waals surface area contributed by atoms with Crippen molar-refractivity contribution in [3.63, 3.8) is 0 Å². The van der Waals surface area contributed by atoms with Gasteiger partial charge in [0.25, 0.3) is 0 Å². The molecule has 0 saturated carbocycles. The maximum absolute atomic E-state index is 12.7. The third kappa shape index (κ3) is 4.86. The van der Waals surface area contributed by atoms with Gasteiger partial charge in [0.1, 0.15) is 0 Å². The SMILES string of the molecule is CSc1ccccc1NC(=O)C1CCCN(Cc2cccc(C)c2)C1. The number of hydrogen-bond donors (Lipinski definition) is 1. The van der Waals surface area contributed by atoms with Crippen LogP contribution in [0.3, 0.4) is 0 Å². The maximum Gasteiger partial charge on any atom is 0.228 e. The first-order valence-corrected chi connectivity index (χ1v) is 10.1. The van der Waals surface area contributed by atoms with E-state index in [1.807, 2.05) is 30.5 Å². The summed E-state index contributed by atoms with van der Waals surface area (Å²) in [6.45, 7) is 4.95. The number of hydrogen-bond acceptors (Lipinski definition) is 3. The van der Waals surface area contributed by atoms with Crippen LogP contribution in [0.15, 0.2) is 53.4 Å². The van der Waals surface area contributed by atoms with E-state index >= 15 is 0 Å². The van der Waals surface area contributed by atoms with Crippen LogP contribution in [0.25, 0.3) is 0 Å². The number of carbonyl (C=O) groups is 1. The Morgan fingerprint density at radius 3 is 2.88 bits per heavy atom. The van der Waals surface area contributed by atoms with E-state index in [1.165, 1.54) is 11.1 Å². The number of nitrogens with one attached hydrogen (secondary N) is 1. The normalized spacial score (nSPS) is 18.1. The summed E-state index contributed by atoms with van der Waals surface area (Å²) in [5.41, 5.74) is 3.54. The lowest BCUT2D eigenvalue weighted by atomic mass is 9.96. The molecule has 2 aromatic rings. The standard InChI is InChI=1S/C21H26N2OS/c1-16-7-5-8-17(13-16)14-23-12-6-9-18(15-23)21(24)22-19-10-3-4-11-20(19)25-2/h3-5,7-8,10-11,13,18H,6,9,12,14-15H2,1-2H3,(H,22,24). The lowest BCUT2D eigenvalue weighted by Crippen LogP contribution is -2.40. The number of thioether (sulfide) groups is 1. The van der Waals surface area contributed by atoms with Gasteiger partial charge in [0.05, 0.1) is 11.6 Å². The number of amides is 1. The van der Waals surface area contributed by atoms with E-state index < -0.39 is 0 Å². The van der Waals surface area contributed by atoms with Gasteiger partial charge in [-0.2, -0.15) is 0 Å². The van der Waals surface area contributed by atoms with Crippen molar-refractivity contribution in [3.05, 3.63) is 59.7 Å². The Kier molecular flexibility index (Phi) is 6.16. The second-order valence-corrected chi connectivity index (χ2v) is 7.60. The van der Waals surface area contributed by atoms with Crippen LogP contribution in [0.1, 0.15) is 24.0 Å². The summed E-state index contributed by atoms with van der Waals surface area (Å²) in [6, 6.07) is 16.6. The average molecular weight is 355 g/mol. The Labute approximate surface area is 154 Å². The van der Waals surface area contributed by atoms with Crippen LogP contribution in [-0.4, -0.2) is 30.2 Å². The van der Waals surface area contributed by atoms with Crippen LogP contribution in [0, 0.1) is 12.8 Å². The molecular weight excluding hydrogens is 328 g/mol. The van der Waals surface area contributed by atoms with Crippen LogP contribution >= 0.6 is 11.8 Å². The number of para-hydroxylation sites is 1. The molecule has 3 nitrogen and oxygen atoms in total. The van der Waals surface area contributed by atoms with Crippen molar-refractivity contribution in [1.29, 1.82) is 0 Å². The second kappa shape index (κ2) is 8.54. The van der Waals surface area contributed by atoms with Gasteiger partial charge in [0, 0.05) is 18.0 Å². The van der Waals surface area contributed by atoms with Crippen LogP contribution < -0.4 is 5.32 Å². The number of benzene rings is 2. The number of rotatable bonds is 5. The average Bonchev–Trinajstić information content (AvgIpc) is 2.62. The number of piperidine rings is 1. The topological polar surface area (TPSA) is 32.3 Å². The molecule has 1 fully saturated rings. The van der Waals surface area contributed by atoms with Crippen LogP contribution in [-0.2, 0) is 11.3 Å². The summed E-state index contributed by atoms with van der Waals surface area (Å²) in [6.07, 6.45) is 4.08. The molecule has 0 aliphatic carbocycles. The number of carbonyl (C=O) groups excluding carboxylic acids is 1. The number of nitrogens with zero attached hydrogens (tertiary/aromatic N) is 1. The van der Waals surface area contributed by atoms with Crippen molar-refractivity contribution < 1.29 is 4.79 Å². The Balaban J connectivity index is 1.61. The highest BCUT2D eigenvalue weighted by Gasteiger charge is 2.26. The smallest absolute Gasteiger partial charge is 0.228 e. The molecule has 1 aliphatic rings. The fourth-order valence-electron chi connectivity index (χ4n) is 3.46. The van der Waals surface area contributed by atoms with Gasteiger partial charge in [-0.3, -0.25) is 9.69 Å². The number of aryl methyl sites for hydroxylation is 1. The zero-order chi connectivity index (χ0) is 17.6. The van der Waals surface area contributed by atoms with Crippen molar-refractivity contribution in [3.8, 4) is 0 Å². The summed E-state index contributed by atoms with van der Waals surface area (Å²) < 4.78 is 0. The first kappa shape index (κ1) is 18.0. The summed E-state index contributed by atoms with van der Waals surface area (Å²) >= 11 is 1.66. The molecule has 4 heteroatoms. The van der Waals surface area contributed by atoms with Gasteiger partial charge in [-0.1, -0.05) is 42.0 Å². The predicted octanol–water partition coefficient (Wildman–Crippen LogP) is 4.57. The lowest BCUT2D eigenvalue weighted by molar-refractivity contribution is -0.121. The Morgan fingerprint density at radius 1 is 1.24 bits per heavy atom. The second-order valence-electron chi connectivity index (χ2n) is 6.75. The molecule has 0 aromatic heterocycles. The number of anilines is 1. The maximum atomic E-state index is 12.7. The van der Waals surface area contributed by atoms with E-state index in [4.69, 9.17) is 0 Å². The Morgan fingerprint density at radius 2 is 2.08 bits per heavy atom. The molecule has 0 radical (unpaired) electrons. The molecule has 0 spiro atoms. The highest BCUT2D eigenvalue weighted by molar-refractivity contribution is 7.98. The van der Waals surface area contributed by atoms with Crippen molar-refractivity contribution in [1.82, 2.24) is 4.90 Å². The fourth-order valence-corrected chi connectivity index (χ4v) is 4.02. The van der Waals surface area contributed by atoms with Crippen molar-refractivity contribution in [2.75, 3.05) is 24.7 Å². The third-order valence-electron chi connectivity index (χ3n) is 4.73. The molecule has 1 N–H and O–H groups in total. The minimum absolute atomic E-state index is 0.0634. The fraction of sp³-hybridized carbons (Fsp3) is 0.381. The monoisotopic (exact) mass is 354 g/mol. The van der Waals surface area contributed by atoms with E-state index in [0.29, 0.717) is 0 Å². The van der Waals surface area contributed by atoms with E-state index in [9.17, 15) is 4.79 Å². The molecule has 1 aliphatic heterocycles. The van der Waals surface area contributed by atoms with Crippen LogP contribution in [0.2, 0.25) is 0 Å². The highest BCUT2D eigenvalue weighted by atomic mass is 32.2. The molecule has 1 unspecified atom stereocenters. The summed E-state index contributed by atoms with van der Waals surface area (Å²) in [5, 5.41) is 3.14. The minimum atomic E-state index is 0.0634. The Hall–Kier alpha value is -1.78. The van der Waals surface area contributed by atoms with Gasteiger partial charge >= 0.3 is 0 Å². The summed E-state index contributed by atoms with van der Waals surface area (Å²) in [7, 11) is 0. The zero-order valence-corrected chi connectivity index (χ0v) is 15.8. The zero-order valence-electron chi connectivity index (χ0n) is 15.0. The van der Waals surface area contributed by atoms with E-state index in [1.54, 1.807) is 11.8 Å². The first-order valence-electron chi connectivity index (χ1n) is 8.87. The third-order valence-corrected chi connectivity index (χ3v) is 5.53. The van der Waals surface area contributed by atoms with Gasteiger partial charge in [-0.15, -0.1) is 11.8 Å². The molecular formula is C21H26N2OS.